The van der Waals surface area contributed by atoms with Crippen LogP contribution in [0.15, 0.2) is 24.3 Å². The predicted octanol–water partition coefficient (Wildman–Crippen LogP) is 1.77. The molecule has 0 bridgehead atoms. The molecule has 1 fully saturated rings. The van der Waals surface area contributed by atoms with Crippen LogP contribution < -0.4 is 5.32 Å². The molecule has 1 saturated heterocycles. The van der Waals surface area contributed by atoms with Gasteiger partial charge in [-0.15, -0.1) is 0 Å². The van der Waals surface area contributed by atoms with E-state index in [-0.39, 0.29) is 6.04 Å². The average Bonchev–Trinajstić information content (AvgIpc) is 2.48. The second-order valence-electron chi connectivity index (χ2n) is 5.73. The molecule has 1 aliphatic heterocycles. The number of piperidine rings is 1. The Morgan fingerprint density at radius 1 is 1.14 bits per heavy atom. The van der Waals surface area contributed by atoms with Gasteiger partial charge in [-0.25, -0.2) is 22.7 Å². The Balaban J connectivity index is 1.73. The SMILES string of the molecule is Cc1nc2ccccc2nc1NC1CCN(S(C)(=O)=O)CC1. The van der Waals surface area contributed by atoms with Gasteiger partial charge in [0.1, 0.15) is 5.82 Å². The van der Waals surface area contributed by atoms with Crippen molar-refractivity contribution >= 4 is 26.9 Å². The summed E-state index contributed by atoms with van der Waals surface area (Å²) < 4.78 is 24.6. The molecule has 6 nitrogen and oxygen atoms in total. The molecule has 3 rings (SSSR count). The first kappa shape index (κ1) is 15.2. The zero-order chi connectivity index (χ0) is 15.7. The van der Waals surface area contributed by atoms with Crippen LogP contribution in [-0.2, 0) is 10.0 Å². The quantitative estimate of drug-likeness (QED) is 0.933. The van der Waals surface area contributed by atoms with Crippen LogP contribution in [0.2, 0.25) is 0 Å². The molecule has 118 valence electrons. The van der Waals surface area contributed by atoms with Crippen molar-refractivity contribution < 1.29 is 8.42 Å². The second-order valence-corrected chi connectivity index (χ2v) is 7.71. The largest absolute Gasteiger partial charge is 0.366 e. The average molecular weight is 320 g/mol. The van der Waals surface area contributed by atoms with Gasteiger partial charge in [-0.2, -0.15) is 0 Å². The van der Waals surface area contributed by atoms with Gasteiger partial charge in [0.15, 0.2) is 0 Å². The fourth-order valence-corrected chi connectivity index (χ4v) is 3.62. The first-order valence-corrected chi connectivity index (χ1v) is 9.23. The van der Waals surface area contributed by atoms with Crippen molar-refractivity contribution in [2.75, 3.05) is 24.7 Å². The zero-order valence-electron chi connectivity index (χ0n) is 12.8. The summed E-state index contributed by atoms with van der Waals surface area (Å²) in [6, 6.07) is 8.01. The lowest BCUT2D eigenvalue weighted by Gasteiger charge is -2.31. The number of aryl methyl sites for hydroxylation is 1. The number of rotatable bonds is 3. The Morgan fingerprint density at radius 2 is 1.73 bits per heavy atom. The van der Waals surface area contributed by atoms with Crippen LogP contribution in [-0.4, -0.2) is 48.1 Å². The molecule has 0 unspecified atom stereocenters. The summed E-state index contributed by atoms with van der Waals surface area (Å²) in [6.45, 7) is 3.04. The summed E-state index contributed by atoms with van der Waals surface area (Å²) in [5.41, 5.74) is 2.62. The maximum Gasteiger partial charge on any atom is 0.211 e. The van der Waals surface area contributed by atoms with E-state index < -0.39 is 10.0 Å². The summed E-state index contributed by atoms with van der Waals surface area (Å²) in [5, 5.41) is 3.42. The minimum Gasteiger partial charge on any atom is -0.366 e. The maximum atomic E-state index is 11.5. The van der Waals surface area contributed by atoms with Gasteiger partial charge in [-0.05, 0) is 31.9 Å². The van der Waals surface area contributed by atoms with Crippen LogP contribution in [0.1, 0.15) is 18.5 Å². The van der Waals surface area contributed by atoms with E-state index in [2.05, 4.69) is 15.3 Å². The minimum atomic E-state index is -3.08. The Labute approximate surface area is 130 Å². The standard InChI is InChI=1S/C15H20N4O2S/c1-11-15(18-14-6-4-3-5-13(14)16-11)17-12-7-9-19(10-8-12)22(2,20)21/h3-6,12H,7-10H2,1-2H3,(H,17,18). The first-order valence-electron chi connectivity index (χ1n) is 7.38. The smallest absolute Gasteiger partial charge is 0.211 e. The van der Waals surface area contributed by atoms with Crippen molar-refractivity contribution in [3.63, 3.8) is 0 Å². The molecular formula is C15H20N4O2S. The summed E-state index contributed by atoms with van der Waals surface area (Å²) in [5.74, 6) is 0.788. The highest BCUT2D eigenvalue weighted by molar-refractivity contribution is 7.88. The number of anilines is 1. The molecule has 22 heavy (non-hydrogen) atoms. The number of para-hydroxylation sites is 2. The summed E-state index contributed by atoms with van der Waals surface area (Å²) in [7, 11) is -3.08. The van der Waals surface area contributed by atoms with E-state index in [1.165, 1.54) is 10.6 Å². The topological polar surface area (TPSA) is 75.2 Å². The Morgan fingerprint density at radius 3 is 2.32 bits per heavy atom. The van der Waals surface area contributed by atoms with E-state index >= 15 is 0 Å². The Bertz CT molecular complexity index is 783. The molecule has 0 radical (unpaired) electrons. The number of sulfonamides is 1. The van der Waals surface area contributed by atoms with Gasteiger partial charge in [0, 0.05) is 19.1 Å². The van der Waals surface area contributed by atoms with Gasteiger partial charge in [-0.1, -0.05) is 12.1 Å². The zero-order valence-corrected chi connectivity index (χ0v) is 13.6. The predicted molar refractivity (Wildman–Crippen MR) is 87.3 cm³/mol. The van der Waals surface area contributed by atoms with Crippen LogP contribution in [0.25, 0.3) is 11.0 Å². The van der Waals surface area contributed by atoms with Crippen molar-refractivity contribution in [2.24, 2.45) is 0 Å². The Hall–Kier alpha value is -1.73. The molecule has 1 aliphatic rings. The molecule has 1 aromatic heterocycles. The van der Waals surface area contributed by atoms with Gasteiger partial charge in [0.05, 0.1) is 23.0 Å². The molecule has 1 N–H and O–H groups in total. The number of hydrogen-bond acceptors (Lipinski definition) is 5. The molecule has 0 spiro atoms. The van der Waals surface area contributed by atoms with E-state index in [0.29, 0.717) is 13.1 Å². The van der Waals surface area contributed by atoms with Crippen LogP contribution in [0.5, 0.6) is 0 Å². The van der Waals surface area contributed by atoms with Gasteiger partial charge in [0.25, 0.3) is 0 Å². The summed E-state index contributed by atoms with van der Waals surface area (Å²) >= 11 is 0. The molecule has 1 aromatic carbocycles. The van der Waals surface area contributed by atoms with Gasteiger partial charge in [-0.3, -0.25) is 0 Å². The summed E-state index contributed by atoms with van der Waals surface area (Å²) in [4.78, 5) is 9.20. The Kier molecular flexibility index (Phi) is 4.01. The van der Waals surface area contributed by atoms with Crippen molar-refractivity contribution in [2.45, 2.75) is 25.8 Å². The number of fused-ring (bicyclic) bond motifs is 1. The van der Waals surface area contributed by atoms with Gasteiger partial charge < -0.3 is 5.32 Å². The van der Waals surface area contributed by atoms with Crippen LogP contribution >= 0.6 is 0 Å². The number of nitrogens with one attached hydrogen (secondary N) is 1. The summed E-state index contributed by atoms with van der Waals surface area (Å²) in [6.07, 6.45) is 2.82. The van der Waals surface area contributed by atoms with E-state index in [9.17, 15) is 8.42 Å². The van der Waals surface area contributed by atoms with Crippen molar-refractivity contribution in [1.29, 1.82) is 0 Å². The lowest BCUT2D eigenvalue weighted by atomic mass is 10.1. The third kappa shape index (κ3) is 3.20. The van der Waals surface area contributed by atoms with E-state index in [0.717, 1.165) is 35.4 Å². The fourth-order valence-electron chi connectivity index (χ4n) is 2.75. The third-order valence-electron chi connectivity index (χ3n) is 4.01. The fraction of sp³-hybridized carbons (Fsp3) is 0.467. The molecule has 0 amide bonds. The third-order valence-corrected chi connectivity index (χ3v) is 5.31. The first-order chi connectivity index (χ1) is 10.4. The van der Waals surface area contributed by atoms with Crippen LogP contribution in [0.4, 0.5) is 5.82 Å². The molecule has 0 saturated carbocycles. The van der Waals surface area contributed by atoms with Crippen molar-refractivity contribution in [1.82, 2.24) is 14.3 Å². The number of nitrogens with zero attached hydrogens (tertiary/aromatic N) is 3. The number of hydrogen-bond donors (Lipinski definition) is 1. The van der Waals surface area contributed by atoms with E-state index in [4.69, 9.17) is 0 Å². The highest BCUT2D eigenvalue weighted by Gasteiger charge is 2.25. The molecular weight excluding hydrogens is 300 g/mol. The normalized spacial score (nSPS) is 17.7. The van der Waals surface area contributed by atoms with Crippen LogP contribution in [0, 0.1) is 6.92 Å². The minimum absolute atomic E-state index is 0.229. The molecule has 0 aliphatic carbocycles. The molecule has 7 heteroatoms. The van der Waals surface area contributed by atoms with Gasteiger partial charge in [0.2, 0.25) is 10.0 Å². The van der Waals surface area contributed by atoms with Gasteiger partial charge >= 0.3 is 0 Å². The molecule has 2 aromatic rings. The number of benzene rings is 1. The lowest BCUT2D eigenvalue weighted by molar-refractivity contribution is 0.331. The van der Waals surface area contributed by atoms with E-state index in [1.54, 1.807) is 0 Å². The van der Waals surface area contributed by atoms with Crippen LogP contribution in [0.3, 0.4) is 0 Å². The highest BCUT2D eigenvalue weighted by Crippen LogP contribution is 2.20. The molecule has 0 atom stereocenters. The number of aromatic nitrogens is 2. The molecule has 2 heterocycles. The monoisotopic (exact) mass is 320 g/mol. The van der Waals surface area contributed by atoms with Crippen molar-refractivity contribution in [3.05, 3.63) is 30.0 Å². The maximum absolute atomic E-state index is 11.5. The second kappa shape index (κ2) is 5.81. The van der Waals surface area contributed by atoms with E-state index in [1.807, 2.05) is 31.2 Å². The lowest BCUT2D eigenvalue weighted by Crippen LogP contribution is -2.42. The highest BCUT2D eigenvalue weighted by atomic mass is 32.2. The van der Waals surface area contributed by atoms with Crippen molar-refractivity contribution in [3.8, 4) is 0 Å².